The third-order valence-electron chi connectivity index (χ3n) is 1.42. The largest absolute Gasteiger partial charge is 0.446 e. The Morgan fingerprint density at radius 2 is 2.45 bits per heavy atom. The van der Waals surface area contributed by atoms with Gasteiger partial charge >= 0.3 is 6.09 Å². The molecule has 1 atom stereocenters. The van der Waals surface area contributed by atoms with Gasteiger partial charge in [0.25, 0.3) is 0 Å². The van der Waals surface area contributed by atoms with E-state index in [-0.39, 0.29) is 12.2 Å². The van der Waals surface area contributed by atoms with Crippen molar-refractivity contribution in [2.24, 2.45) is 0 Å². The van der Waals surface area contributed by atoms with Gasteiger partial charge in [0.05, 0.1) is 0 Å². The van der Waals surface area contributed by atoms with Gasteiger partial charge in [-0.25, -0.2) is 4.79 Å². The van der Waals surface area contributed by atoms with Gasteiger partial charge in [0.2, 0.25) is 0 Å². The van der Waals surface area contributed by atoms with E-state index in [1.165, 1.54) is 0 Å². The molecule has 1 aliphatic rings. The lowest BCUT2D eigenvalue weighted by Gasteiger charge is -2.10. The first kappa shape index (κ1) is 8.84. The summed E-state index contributed by atoms with van der Waals surface area (Å²) in [4.78, 5) is 10.9. The molecule has 0 heterocycles. The highest BCUT2D eigenvalue weighted by Gasteiger charge is 2.24. The number of nitrogens with one attached hydrogen (secondary N) is 1. The standard InChI is InChI=1S/C7H12BrNO2/c1-5(4-8)11-7(10)9-6-2-3-6/h5-6H,2-4H2,1H3,(H,9,10). The highest BCUT2D eigenvalue weighted by Crippen LogP contribution is 2.18. The molecule has 0 aliphatic heterocycles. The number of hydrogen-bond acceptors (Lipinski definition) is 2. The Morgan fingerprint density at radius 1 is 1.82 bits per heavy atom. The van der Waals surface area contributed by atoms with Crippen LogP contribution in [0.15, 0.2) is 0 Å². The number of alkyl carbamates (subject to hydrolysis) is 1. The van der Waals surface area contributed by atoms with Crippen LogP contribution in [-0.2, 0) is 4.74 Å². The average Bonchev–Trinajstić information content (AvgIpc) is 2.71. The van der Waals surface area contributed by atoms with Gasteiger partial charge in [-0.3, -0.25) is 0 Å². The van der Waals surface area contributed by atoms with Gasteiger partial charge in [-0.15, -0.1) is 0 Å². The van der Waals surface area contributed by atoms with Crippen LogP contribution in [0, 0.1) is 0 Å². The van der Waals surface area contributed by atoms with Crippen LogP contribution >= 0.6 is 15.9 Å². The molecule has 11 heavy (non-hydrogen) atoms. The SMILES string of the molecule is CC(CBr)OC(=O)NC1CC1. The van der Waals surface area contributed by atoms with Gasteiger partial charge in [-0.05, 0) is 19.8 Å². The summed E-state index contributed by atoms with van der Waals surface area (Å²) in [5, 5.41) is 3.42. The molecule has 0 radical (unpaired) electrons. The second-order valence-electron chi connectivity index (χ2n) is 2.79. The van der Waals surface area contributed by atoms with E-state index in [0.29, 0.717) is 11.4 Å². The Morgan fingerprint density at radius 3 is 2.91 bits per heavy atom. The summed E-state index contributed by atoms with van der Waals surface area (Å²) in [7, 11) is 0. The zero-order valence-corrected chi connectivity index (χ0v) is 8.06. The maximum atomic E-state index is 10.9. The topological polar surface area (TPSA) is 38.3 Å². The Balaban J connectivity index is 2.08. The molecule has 0 aromatic heterocycles. The third-order valence-corrected chi connectivity index (χ3v) is 2.34. The number of carbonyl (C=O) groups is 1. The Bertz CT molecular complexity index is 147. The predicted molar refractivity (Wildman–Crippen MR) is 45.9 cm³/mol. The van der Waals surface area contributed by atoms with E-state index in [1.54, 1.807) is 0 Å². The minimum absolute atomic E-state index is 0.0475. The molecule has 0 spiro atoms. The van der Waals surface area contributed by atoms with E-state index >= 15 is 0 Å². The van der Waals surface area contributed by atoms with E-state index in [1.807, 2.05) is 6.92 Å². The third kappa shape index (κ3) is 3.60. The molecule has 1 rings (SSSR count). The fraction of sp³-hybridized carbons (Fsp3) is 0.857. The van der Waals surface area contributed by atoms with Crippen LogP contribution in [0.4, 0.5) is 4.79 Å². The van der Waals surface area contributed by atoms with Crippen molar-refractivity contribution in [2.75, 3.05) is 5.33 Å². The molecule has 1 fully saturated rings. The number of hydrogen-bond donors (Lipinski definition) is 1. The number of halogens is 1. The molecule has 1 N–H and O–H groups in total. The fourth-order valence-electron chi connectivity index (χ4n) is 0.643. The molecule has 1 saturated carbocycles. The molecular formula is C7H12BrNO2. The maximum absolute atomic E-state index is 10.9. The minimum Gasteiger partial charge on any atom is -0.446 e. The fourth-order valence-corrected chi connectivity index (χ4v) is 0.775. The predicted octanol–water partition coefficient (Wildman–Crippen LogP) is 1.66. The molecule has 1 unspecified atom stereocenters. The number of ether oxygens (including phenoxy) is 1. The van der Waals surface area contributed by atoms with E-state index in [0.717, 1.165) is 12.8 Å². The lowest BCUT2D eigenvalue weighted by molar-refractivity contribution is 0.117. The van der Waals surface area contributed by atoms with Crippen LogP contribution in [0.25, 0.3) is 0 Å². The zero-order chi connectivity index (χ0) is 8.27. The van der Waals surface area contributed by atoms with Gasteiger partial charge in [0.15, 0.2) is 0 Å². The first-order chi connectivity index (χ1) is 5.22. The first-order valence-corrected chi connectivity index (χ1v) is 4.87. The van der Waals surface area contributed by atoms with Crippen LogP contribution in [0.1, 0.15) is 19.8 Å². The van der Waals surface area contributed by atoms with Crippen molar-refractivity contribution in [3.05, 3.63) is 0 Å². The molecule has 1 amide bonds. The summed E-state index contributed by atoms with van der Waals surface area (Å²) < 4.78 is 4.95. The van der Waals surface area contributed by atoms with E-state index in [9.17, 15) is 4.79 Å². The van der Waals surface area contributed by atoms with Gasteiger partial charge in [-0.2, -0.15) is 0 Å². The van der Waals surface area contributed by atoms with Crippen molar-refractivity contribution in [3.8, 4) is 0 Å². The second-order valence-corrected chi connectivity index (χ2v) is 3.44. The van der Waals surface area contributed by atoms with Crippen LogP contribution in [-0.4, -0.2) is 23.6 Å². The molecule has 0 saturated heterocycles. The smallest absolute Gasteiger partial charge is 0.407 e. The summed E-state index contributed by atoms with van der Waals surface area (Å²) in [6, 6.07) is 0.380. The van der Waals surface area contributed by atoms with Crippen molar-refractivity contribution in [1.29, 1.82) is 0 Å². The van der Waals surface area contributed by atoms with E-state index in [2.05, 4.69) is 21.2 Å². The zero-order valence-electron chi connectivity index (χ0n) is 6.47. The molecule has 0 bridgehead atoms. The Labute approximate surface area is 74.6 Å². The average molecular weight is 222 g/mol. The molecule has 0 aromatic carbocycles. The normalized spacial score (nSPS) is 19.1. The van der Waals surface area contributed by atoms with Gasteiger partial charge in [0, 0.05) is 11.4 Å². The minimum atomic E-state index is -0.292. The molecule has 1 aliphatic carbocycles. The second kappa shape index (κ2) is 3.95. The summed E-state index contributed by atoms with van der Waals surface area (Å²) in [6.07, 6.45) is 1.85. The summed E-state index contributed by atoms with van der Waals surface area (Å²) in [6.45, 7) is 1.85. The molecule has 64 valence electrons. The van der Waals surface area contributed by atoms with Crippen LogP contribution in [0.5, 0.6) is 0 Å². The van der Waals surface area contributed by atoms with Gasteiger partial charge in [-0.1, -0.05) is 15.9 Å². The maximum Gasteiger partial charge on any atom is 0.407 e. The van der Waals surface area contributed by atoms with Gasteiger partial charge < -0.3 is 10.1 Å². The highest BCUT2D eigenvalue weighted by atomic mass is 79.9. The molecule has 0 aromatic rings. The lowest BCUT2D eigenvalue weighted by Crippen LogP contribution is -2.29. The highest BCUT2D eigenvalue weighted by molar-refractivity contribution is 9.09. The van der Waals surface area contributed by atoms with Gasteiger partial charge in [0.1, 0.15) is 6.10 Å². The first-order valence-electron chi connectivity index (χ1n) is 3.75. The van der Waals surface area contributed by atoms with Crippen molar-refractivity contribution in [2.45, 2.75) is 31.9 Å². The molecule has 4 heteroatoms. The Kier molecular flexibility index (Phi) is 3.17. The van der Waals surface area contributed by atoms with Crippen molar-refractivity contribution in [1.82, 2.24) is 5.32 Å². The number of rotatable bonds is 3. The molecular weight excluding hydrogens is 210 g/mol. The number of carbonyl (C=O) groups excluding carboxylic acids is 1. The lowest BCUT2D eigenvalue weighted by atomic mass is 10.5. The van der Waals surface area contributed by atoms with Crippen molar-refractivity contribution in [3.63, 3.8) is 0 Å². The van der Waals surface area contributed by atoms with E-state index < -0.39 is 0 Å². The summed E-state index contributed by atoms with van der Waals surface area (Å²) in [5.74, 6) is 0. The van der Waals surface area contributed by atoms with Crippen LogP contribution < -0.4 is 5.32 Å². The van der Waals surface area contributed by atoms with E-state index in [4.69, 9.17) is 4.74 Å². The molecule has 3 nitrogen and oxygen atoms in total. The van der Waals surface area contributed by atoms with Crippen molar-refractivity contribution >= 4 is 22.0 Å². The van der Waals surface area contributed by atoms with Crippen molar-refractivity contribution < 1.29 is 9.53 Å². The summed E-state index contributed by atoms with van der Waals surface area (Å²) in [5.41, 5.74) is 0. The monoisotopic (exact) mass is 221 g/mol. The summed E-state index contributed by atoms with van der Waals surface area (Å²) >= 11 is 3.22. The van der Waals surface area contributed by atoms with Crippen LogP contribution in [0.2, 0.25) is 0 Å². The van der Waals surface area contributed by atoms with Crippen LogP contribution in [0.3, 0.4) is 0 Å². The number of amides is 1. The number of alkyl halides is 1. The Hall–Kier alpha value is -0.250. The quantitative estimate of drug-likeness (QED) is 0.737.